The van der Waals surface area contributed by atoms with Gasteiger partial charge in [-0.25, -0.2) is 0 Å². The molecule has 6 saturated carbocycles. The largest absolute Gasteiger partial charge is 0.0625 e. The second-order valence-corrected chi connectivity index (χ2v) is 13.4. The molecule has 0 amide bonds. The van der Waals surface area contributed by atoms with E-state index >= 15 is 0 Å². The zero-order valence-electron chi connectivity index (χ0n) is 20.1. The molecule has 6 aliphatic rings. The molecule has 6 rings (SSSR count). The highest BCUT2D eigenvalue weighted by Gasteiger charge is 2.55. The maximum absolute atomic E-state index is 2.52. The summed E-state index contributed by atoms with van der Waals surface area (Å²) in [5, 5.41) is 0. The summed E-state index contributed by atoms with van der Waals surface area (Å²) in [5.41, 5.74) is 0. The lowest BCUT2D eigenvalue weighted by Gasteiger charge is -2.59. The van der Waals surface area contributed by atoms with E-state index in [0.717, 1.165) is 53.3 Å². The van der Waals surface area contributed by atoms with Crippen LogP contribution in [-0.4, -0.2) is 0 Å². The predicted molar refractivity (Wildman–Crippen MR) is 127 cm³/mol. The lowest BCUT2D eigenvalue weighted by molar-refractivity contribution is -0.0975. The van der Waals surface area contributed by atoms with Crippen molar-refractivity contribution in [2.24, 2.45) is 65.1 Å². The van der Waals surface area contributed by atoms with E-state index in [9.17, 15) is 0 Å². The summed E-state index contributed by atoms with van der Waals surface area (Å²) >= 11 is 0. The summed E-state index contributed by atoms with van der Waals surface area (Å²) in [6, 6.07) is 0. The van der Waals surface area contributed by atoms with Crippen molar-refractivity contribution in [3.05, 3.63) is 0 Å². The maximum atomic E-state index is 2.52. The molecule has 170 valence electrons. The van der Waals surface area contributed by atoms with Crippen molar-refractivity contribution in [3.8, 4) is 0 Å². The van der Waals surface area contributed by atoms with Crippen molar-refractivity contribution in [3.63, 3.8) is 0 Å². The van der Waals surface area contributed by atoms with Gasteiger partial charge in [-0.1, -0.05) is 64.7 Å². The molecule has 6 aliphatic carbocycles. The van der Waals surface area contributed by atoms with Crippen molar-refractivity contribution in [2.45, 2.75) is 122 Å². The molecular formula is C30H50. The van der Waals surface area contributed by atoms with E-state index in [1.165, 1.54) is 18.3 Å². The standard InChI is InChI=1S/C30H50/c1-20-10-12-22(13-11-20)26-17-14-23-8-5-9-27-25(21-6-3-2-4-7-21)18-15-24-16-19-28(26)29(23)30(24)27/h20-30H,2-19H2,1H3/t20?,22?,23?,24?,25?,26?,27?,28-,29?,30+/m1/s1. The lowest BCUT2D eigenvalue weighted by atomic mass is 9.46. The van der Waals surface area contributed by atoms with Crippen LogP contribution >= 0.6 is 0 Å². The minimum absolute atomic E-state index is 1.02. The Labute approximate surface area is 187 Å². The summed E-state index contributed by atoms with van der Waals surface area (Å²) in [6.45, 7) is 2.52. The van der Waals surface area contributed by atoms with Crippen molar-refractivity contribution >= 4 is 0 Å². The molecule has 0 aliphatic heterocycles. The first kappa shape index (κ1) is 20.6. The highest BCUT2D eigenvalue weighted by Crippen LogP contribution is 2.63. The molecule has 0 aromatic rings. The Morgan fingerprint density at radius 3 is 1.47 bits per heavy atom. The molecular weight excluding hydrogens is 360 g/mol. The summed E-state index contributed by atoms with van der Waals surface area (Å²) < 4.78 is 0. The van der Waals surface area contributed by atoms with Gasteiger partial charge < -0.3 is 0 Å². The summed E-state index contributed by atoms with van der Waals surface area (Å²) in [5.74, 6) is 12.4. The van der Waals surface area contributed by atoms with E-state index in [1.54, 1.807) is 109 Å². The first-order valence-corrected chi connectivity index (χ1v) is 14.8. The van der Waals surface area contributed by atoms with E-state index in [1.807, 2.05) is 0 Å². The van der Waals surface area contributed by atoms with Gasteiger partial charge in [0.25, 0.3) is 0 Å². The van der Waals surface area contributed by atoms with Crippen LogP contribution < -0.4 is 0 Å². The highest BCUT2D eigenvalue weighted by molar-refractivity contribution is 5.04. The first-order valence-electron chi connectivity index (χ1n) is 14.8. The van der Waals surface area contributed by atoms with Crippen molar-refractivity contribution in [2.75, 3.05) is 0 Å². The van der Waals surface area contributed by atoms with Crippen LogP contribution in [0.1, 0.15) is 122 Å². The molecule has 0 bridgehead atoms. The van der Waals surface area contributed by atoms with Gasteiger partial charge in [-0.05, 0) is 123 Å². The molecule has 0 saturated heterocycles. The maximum Gasteiger partial charge on any atom is -0.0321 e. The van der Waals surface area contributed by atoms with Gasteiger partial charge in [0, 0.05) is 0 Å². The molecule has 0 aromatic carbocycles. The van der Waals surface area contributed by atoms with E-state index in [4.69, 9.17) is 0 Å². The Bertz CT molecular complexity index is 565. The van der Waals surface area contributed by atoms with Crippen LogP contribution in [0.15, 0.2) is 0 Å². The molecule has 6 unspecified atom stereocenters. The van der Waals surface area contributed by atoms with Gasteiger partial charge >= 0.3 is 0 Å². The van der Waals surface area contributed by atoms with Crippen LogP contribution in [0.3, 0.4) is 0 Å². The Morgan fingerprint density at radius 1 is 0.333 bits per heavy atom. The quantitative estimate of drug-likeness (QED) is 0.426. The van der Waals surface area contributed by atoms with Crippen molar-refractivity contribution in [1.29, 1.82) is 0 Å². The van der Waals surface area contributed by atoms with Gasteiger partial charge in [0.15, 0.2) is 0 Å². The van der Waals surface area contributed by atoms with E-state index in [-0.39, 0.29) is 0 Å². The van der Waals surface area contributed by atoms with Gasteiger partial charge in [-0.15, -0.1) is 0 Å². The fourth-order valence-corrected chi connectivity index (χ4v) is 11.1. The molecule has 0 N–H and O–H groups in total. The molecule has 6 fully saturated rings. The lowest BCUT2D eigenvalue weighted by Crippen LogP contribution is -2.51. The van der Waals surface area contributed by atoms with E-state index in [0.29, 0.717) is 0 Å². The molecule has 0 heteroatoms. The molecule has 30 heavy (non-hydrogen) atoms. The smallest absolute Gasteiger partial charge is 0.0321 e. The van der Waals surface area contributed by atoms with Gasteiger partial charge in [0.05, 0.1) is 0 Å². The number of rotatable bonds is 2. The third kappa shape index (κ3) is 3.63. The van der Waals surface area contributed by atoms with Crippen LogP contribution in [0.4, 0.5) is 0 Å². The molecule has 0 radical (unpaired) electrons. The van der Waals surface area contributed by atoms with Crippen LogP contribution in [0.2, 0.25) is 0 Å². The number of hydrogen-bond acceptors (Lipinski definition) is 0. The van der Waals surface area contributed by atoms with E-state index in [2.05, 4.69) is 6.92 Å². The fraction of sp³-hybridized carbons (Fsp3) is 1.00. The fourth-order valence-electron chi connectivity index (χ4n) is 11.1. The summed E-state index contributed by atoms with van der Waals surface area (Å²) in [4.78, 5) is 0. The monoisotopic (exact) mass is 410 g/mol. The van der Waals surface area contributed by atoms with Gasteiger partial charge in [0.2, 0.25) is 0 Å². The zero-order chi connectivity index (χ0) is 20.1. The predicted octanol–water partition coefficient (Wildman–Crippen LogP) is 8.89. The van der Waals surface area contributed by atoms with Crippen molar-refractivity contribution < 1.29 is 0 Å². The summed E-state index contributed by atoms with van der Waals surface area (Å²) in [6.07, 6.45) is 28.7. The Hall–Kier alpha value is 0. The third-order valence-electron chi connectivity index (χ3n) is 12.3. The molecule has 0 spiro atoms. The Balaban J connectivity index is 1.26. The molecule has 0 heterocycles. The molecule has 0 aromatic heterocycles. The van der Waals surface area contributed by atoms with Gasteiger partial charge in [-0.3, -0.25) is 0 Å². The normalized spacial score (nSPS) is 52.3. The second-order valence-electron chi connectivity index (χ2n) is 13.4. The van der Waals surface area contributed by atoms with Gasteiger partial charge in [-0.2, -0.15) is 0 Å². The molecule has 0 nitrogen and oxygen atoms in total. The van der Waals surface area contributed by atoms with Crippen LogP contribution in [-0.2, 0) is 0 Å². The van der Waals surface area contributed by atoms with Gasteiger partial charge in [0.1, 0.15) is 0 Å². The Kier molecular flexibility index (Phi) is 6.00. The minimum atomic E-state index is 1.02. The Morgan fingerprint density at radius 2 is 0.800 bits per heavy atom. The molecule has 8 atom stereocenters. The third-order valence-corrected chi connectivity index (χ3v) is 12.3. The number of hydrogen-bond donors (Lipinski definition) is 0. The average Bonchev–Trinajstić information content (AvgIpc) is 2.99. The zero-order valence-corrected chi connectivity index (χ0v) is 20.1. The average molecular weight is 411 g/mol. The summed E-state index contributed by atoms with van der Waals surface area (Å²) in [7, 11) is 0. The van der Waals surface area contributed by atoms with Crippen molar-refractivity contribution in [1.82, 2.24) is 0 Å². The van der Waals surface area contributed by atoms with Crippen LogP contribution in [0.25, 0.3) is 0 Å². The SMILES string of the molecule is CC1CCC(C2CCC3CCCC4C(C5CCCCC5)CCC5CC[C@H]2C3[C@@H]54)CC1. The van der Waals surface area contributed by atoms with E-state index < -0.39 is 0 Å². The van der Waals surface area contributed by atoms with Crippen LogP contribution in [0, 0.1) is 65.1 Å². The second kappa shape index (κ2) is 8.74. The first-order chi connectivity index (χ1) is 14.8. The highest BCUT2D eigenvalue weighted by atomic mass is 14.6. The minimum Gasteiger partial charge on any atom is -0.0625 e. The van der Waals surface area contributed by atoms with Crippen LogP contribution in [0.5, 0.6) is 0 Å². The topological polar surface area (TPSA) is 0 Å².